The zero-order chi connectivity index (χ0) is 18.4. The molecule has 0 radical (unpaired) electrons. The van der Waals surface area contributed by atoms with E-state index in [2.05, 4.69) is 10.6 Å². The van der Waals surface area contributed by atoms with Gasteiger partial charge < -0.3 is 15.4 Å². The first-order chi connectivity index (χ1) is 11.9. The van der Waals surface area contributed by atoms with Crippen molar-refractivity contribution in [2.45, 2.75) is 31.2 Å². The second kappa shape index (κ2) is 8.75. The Morgan fingerprint density at radius 1 is 1.32 bits per heavy atom. The summed E-state index contributed by atoms with van der Waals surface area (Å²) in [5.74, 6) is -0.275. The van der Waals surface area contributed by atoms with Gasteiger partial charge in [0.05, 0.1) is 18.1 Å². The van der Waals surface area contributed by atoms with E-state index < -0.39 is 10.0 Å². The van der Waals surface area contributed by atoms with E-state index in [1.54, 1.807) is 12.1 Å². The highest BCUT2D eigenvalue weighted by Gasteiger charge is 2.29. The molecule has 2 rings (SSSR count). The number of nitrogens with zero attached hydrogens (tertiary/aromatic N) is 1. The number of ether oxygens (including phenoxy) is 1. The van der Waals surface area contributed by atoms with Crippen LogP contribution in [-0.4, -0.2) is 64.6 Å². The van der Waals surface area contributed by atoms with Crippen molar-refractivity contribution in [2.75, 3.05) is 39.9 Å². The summed E-state index contributed by atoms with van der Waals surface area (Å²) in [4.78, 5) is 12.6. The summed E-state index contributed by atoms with van der Waals surface area (Å²) in [6, 6.07) is 5.03. The van der Waals surface area contributed by atoms with Crippen LogP contribution in [0.3, 0.4) is 0 Å². The molecular formula is C17H27N3O4S. The molecule has 1 atom stereocenters. The topological polar surface area (TPSA) is 87.7 Å². The SMILES string of the molecule is CCc1ccc(C(=O)NCC(C)NC)cc1S(=O)(=O)N1CCOCC1. The number of morpholine rings is 1. The zero-order valence-corrected chi connectivity index (χ0v) is 15.9. The van der Waals surface area contributed by atoms with Gasteiger partial charge in [-0.2, -0.15) is 4.31 Å². The first-order valence-electron chi connectivity index (χ1n) is 8.56. The maximum atomic E-state index is 13.0. The number of aryl methyl sites for hydroxylation is 1. The van der Waals surface area contributed by atoms with Crippen molar-refractivity contribution in [3.8, 4) is 0 Å². The highest BCUT2D eigenvalue weighted by molar-refractivity contribution is 7.89. The molecule has 1 aliphatic heterocycles. The van der Waals surface area contributed by atoms with Gasteiger partial charge in [-0.3, -0.25) is 4.79 Å². The number of benzene rings is 1. The van der Waals surface area contributed by atoms with Gasteiger partial charge in [-0.15, -0.1) is 0 Å². The minimum absolute atomic E-state index is 0.135. The fraction of sp³-hybridized carbons (Fsp3) is 0.588. The molecule has 1 heterocycles. The molecule has 1 amide bonds. The maximum Gasteiger partial charge on any atom is 0.251 e. The first kappa shape index (κ1) is 19.8. The van der Waals surface area contributed by atoms with Gasteiger partial charge in [-0.1, -0.05) is 13.0 Å². The number of rotatable bonds is 7. The lowest BCUT2D eigenvalue weighted by molar-refractivity contribution is 0.0730. The third-order valence-electron chi connectivity index (χ3n) is 4.36. The third-order valence-corrected chi connectivity index (χ3v) is 6.34. The molecule has 8 heteroatoms. The molecule has 0 aromatic heterocycles. The summed E-state index contributed by atoms with van der Waals surface area (Å²) in [5, 5.41) is 5.85. The highest BCUT2D eigenvalue weighted by atomic mass is 32.2. The van der Waals surface area contributed by atoms with E-state index in [0.717, 1.165) is 0 Å². The molecular weight excluding hydrogens is 342 g/mol. The average Bonchev–Trinajstić information content (AvgIpc) is 2.65. The molecule has 7 nitrogen and oxygen atoms in total. The van der Waals surface area contributed by atoms with Crippen molar-refractivity contribution in [1.82, 2.24) is 14.9 Å². The smallest absolute Gasteiger partial charge is 0.251 e. The van der Waals surface area contributed by atoms with Crippen molar-refractivity contribution in [1.29, 1.82) is 0 Å². The minimum atomic E-state index is -3.64. The van der Waals surface area contributed by atoms with Gasteiger partial charge in [0.15, 0.2) is 0 Å². The Hall–Kier alpha value is -1.48. The Labute approximate surface area is 149 Å². The predicted molar refractivity (Wildman–Crippen MR) is 96.3 cm³/mol. The monoisotopic (exact) mass is 369 g/mol. The van der Waals surface area contributed by atoms with Gasteiger partial charge in [-0.05, 0) is 38.1 Å². The van der Waals surface area contributed by atoms with Crippen LogP contribution < -0.4 is 10.6 Å². The summed E-state index contributed by atoms with van der Waals surface area (Å²) in [5.41, 5.74) is 1.07. The molecule has 25 heavy (non-hydrogen) atoms. The first-order valence-corrected chi connectivity index (χ1v) is 10.0. The number of amides is 1. The Bertz CT molecular complexity index is 700. The second-order valence-corrected chi connectivity index (χ2v) is 8.00. The molecule has 0 saturated carbocycles. The molecule has 0 aliphatic carbocycles. The van der Waals surface area contributed by atoms with E-state index in [1.165, 1.54) is 10.4 Å². The number of hydrogen-bond donors (Lipinski definition) is 2. The molecule has 0 bridgehead atoms. The number of carbonyl (C=O) groups excluding carboxylic acids is 1. The number of nitrogens with one attached hydrogen (secondary N) is 2. The molecule has 1 aromatic carbocycles. The number of carbonyl (C=O) groups is 1. The van der Waals surface area contributed by atoms with Crippen LogP contribution in [-0.2, 0) is 21.2 Å². The van der Waals surface area contributed by atoms with Crippen molar-refractivity contribution < 1.29 is 17.9 Å². The van der Waals surface area contributed by atoms with E-state index >= 15 is 0 Å². The van der Waals surface area contributed by atoms with Crippen molar-refractivity contribution in [3.05, 3.63) is 29.3 Å². The fourth-order valence-electron chi connectivity index (χ4n) is 2.60. The predicted octanol–water partition coefficient (Wildman–Crippen LogP) is 0.608. The van der Waals surface area contributed by atoms with Crippen LogP contribution in [0.2, 0.25) is 0 Å². The van der Waals surface area contributed by atoms with Crippen LogP contribution in [0.15, 0.2) is 23.1 Å². The van der Waals surface area contributed by atoms with Gasteiger partial charge in [0, 0.05) is 31.2 Å². The third kappa shape index (κ3) is 4.78. The van der Waals surface area contributed by atoms with Gasteiger partial charge in [0.25, 0.3) is 5.91 Å². The summed E-state index contributed by atoms with van der Waals surface area (Å²) in [6.07, 6.45) is 0.581. The second-order valence-electron chi connectivity index (χ2n) is 6.09. The minimum Gasteiger partial charge on any atom is -0.379 e. The number of hydrogen-bond acceptors (Lipinski definition) is 5. The highest BCUT2D eigenvalue weighted by Crippen LogP contribution is 2.23. The number of sulfonamides is 1. The number of likely N-dealkylation sites (N-methyl/N-ethyl adjacent to an activating group) is 1. The molecule has 140 valence electrons. The molecule has 1 aromatic rings. The standard InChI is InChI=1S/C17H27N3O4S/c1-4-14-5-6-15(17(21)19-12-13(2)18-3)11-16(14)25(22,23)20-7-9-24-10-8-20/h5-6,11,13,18H,4,7-10,12H2,1-3H3,(H,19,21). The summed E-state index contributed by atoms with van der Waals surface area (Å²) in [7, 11) is -1.82. The van der Waals surface area contributed by atoms with E-state index in [1.807, 2.05) is 20.9 Å². The van der Waals surface area contributed by atoms with Crippen molar-refractivity contribution in [2.24, 2.45) is 0 Å². The molecule has 0 spiro atoms. The van der Waals surface area contributed by atoms with Gasteiger partial charge in [0.1, 0.15) is 0 Å². The quantitative estimate of drug-likeness (QED) is 0.735. The largest absolute Gasteiger partial charge is 0.379 e. The summed E-state index contributed by atoms with van der Waals surface area (Å²) < 4.78 is 32.6. The Kier molecular flexibility index (Phi) is 6.95. The van der Waals surface area contributed by atoms with Crippen LogP contribution in [0.1, 0.15) is 29.8 Å². The Balaban J connectivity index is 2.29. The summed E-state index contributed by atoms with van der Waals surface area (Å²) in [6.45, 7) is 5.78. The maximum absolute atomic E-state index is 13.0. The molecule has 1 aliphatic rings. The average molecular weight is 369 g/mol. The van der Waals surface area contributed by atoms with Crippen LogP contribution in [0.4, 0.5) is 0 Å². The van der Waals surface area contributed by atoms with E-state index in [9.17, 15) is 13.2 Å². The van der Waals surface area contributed by atoms with Crippen LogP contribution >= 0.6 is 0 Å². The molecule has 1 fully saturated rings. The van der Waals surface area contributed by atoms with Gasteiger partial charge in [0.2, 0.25) is 10.0 Å². The Morgan fingerprint density at radius 3 is 2.60 bits per heavy atom. The van der Waals surface area contributed by atoms with Crippen molar-refractivity contribution >= 4 is 15.9 Å². The van der Waals surface area contributed by atoms with Crippen LogP contribution in [0, 0.1) is 0 Å². The molecule has 1 unspecified atom stereocenters. The molecule has 2 N–H and O–H groups in total. The lowest BCUT2D eigenvalue weighted by Crippen LogP contribution is -2.41. The van der Waals surface area contributed by atoms with Crippen molar-refractivity contribution in [3.63, 3.8) is 0 Å². The molecule has 1 saturated heterocycles. The summed E-state index contributed by atoms with van der Waals surface area (Å²) >= 11 is 0. The van der Waals surface area contributed by atoms with Gasteiger partial charge in [-0.25, -0.2) is 8.42 Å². The van der Waals surface area contributed by atoms with Crippen LogP contribution in [0.5, 0.6) is 0 Å². The van der Waals surface area contributed by atoms with Crippen LogP contribution in [0.25, 0.3) is 0 Å². The normalized spacial score (nSPS) is 17.2. The lowest BCUT2D eigenvalue weighted by Gasteiger charge is -2.27. The van der Waals surface area contributed by atoms with E-state index in [4.69, 9.17) is 4.74 Å². The van der Waals surface area contributed by atoms with Gasteiger partial charge >= 0.3 is 0 Å². The lowest BCUT2D eigenvalue weighted by atomic mass is 10.1. The van der Waals surface area contributed by atoms with E-state index in [-0.39, 0.29) is 16.8 Å². The van der Waals surface area contributed by atoms with E-state index in [0.29, 0.717) is 50.4 Å². The zero-order valence-electron chi connectivity index (χ0n) is 15.0. The fourth-order valence-corrected chi connectivity index (χ4v) is 4.33. The Morgan fingerprint density at radius 2 is 2.00 bits per heavy atom.